The molecule has 3 aromatic rings. The topological polar surface area (TPSA) is 87.6 Å². The van der Waals surface area contributed by atoms with Crippen molar-refractivity contribution in [2.24, 2.45) is 17.8 Å². The molecule has 0 spiro atoms. The number of anilines is 1. The predicted octanol–water partition coefficient (Wildman–Crippen LogP) is 5.98. The van der Waals surface area contributed by atoms with E-state index in [0.717, 1.165) is 23.5 Å². The molecule has 4 fully saturated rings. The van der Waals surface area contributed by atoms with E-state index in [9.17, 15) is 4.79 Å². The molecule has 1 amide bonds. The van der Waals surface area contributed by atoms with E-state index in [-0.39, 0.29) is 18.0 Å². The minimum absolute atomic E-state index is 0.0781. The molecule has 3 atom stereocenters. The van der Waals surface area contributed by atoms with Crippen molar-refractivity contribution in [3.05, 3.63) is 59.2 Å². The number of allylic oxidation sites excluding steroid dienone is 1. The van der Waals surface area contributed by atoms with E-state index in [0.29, 0.717) is 29.6 Å². The maximum atomic E-state index is 13.8. The second-order valence-corrected chi connectivity index (χ2v) is 12.5. The fraction of sp³-hybridized carbons (Fsp3) is 0.516. The van der Waals surface area contributed by atoms with Gasteiger partial charge in [0, 0.05) is 41.0 Å². The molecule has 7 heteroatoms. The van der Waals surface area contributed by atoms with Crippen molar-refractivity contribution in [2.75, 3.05) is 5.32 Å². The third-order valence-electron chi connectivity index (χ3n) is 9.28. The molecule has 0 radical (unpaired) electrons. The Morgan fingerprint density at radius 1 is 1.03 bits per heavy atom. The van der Waals surface area contributed by atoms with E-state index in [2.05, 4.69) is 69.7 Å². The number of nitrogens with one attached hydrogen (secondary N) is 3. The first-order chi connectivity index (χ1) is 18.6. The van der Waals surface area contributed by atoms with Gasteiger partial charge >= 0.3 is 0 Å². The average molecular weight is 509 g/mol. The average Bonchev–Trinajstić information content (AvgIpc) is 3.73. The van der Waals surface area contributed by atoms with Crippen molar-refractivity contribution in [3.63, 3.8) is 0 Å². The Kier molecular flexibility index (Phi) is 4.95. The molecule has 8 rings (SSSR count). The zero-order chi connectivity index (χ0) is 25.5. The van der Waals surface area contributed by atoms with Crippen LogP contribution < -0.4 is 10.6 Å². The second kappa shape index (κ2) is 8.32. The lowest BCUT2D eigenvalue weighted by Gasteiger charge is -2.32. The number of fused-ring (bicyclic) bond motifs is 1. The van der Waals surface area contributed by atoms with Gasteiger partial charge in [-0.2, -0.15) is 10.2 Å². The van der Waals surface area contributed by atoms with E-state index < -0.39 is 0 Å². The van der Waals surface area contributed by atoms with Crippen LogP contribution in [0.4, 0.5) is 5.69 Å². The number of aromatic nitrogens is 4. The van der Waals surface area contributed by atoms with Gasteiger partial charge in [0.1, 0.15) is 6.04 Å². The fourth-order valence-corrected chi connectivity index (χ4v) is 6.83. The number of amides is 1. The number of carbonyl (C=O) groups is 1. The van der Waals surface area contributed by atoms with Crippen LogP contribution in [0.5, 0.6) is 0 Å². The highest BCUT2D eigenvalue weighted by atomic mass is 16.2. The van der Waals surface area contributed by atoms with Crippen LogP contribution in [0.3, 0.4) is 0 Å². The largest absolute Gasteiger partial charge is 0.372 e. The quantitative estimate of drug-likeness (QED) is 0.349. The van der Waals surface area contributed by atoms with Crippen molar-refractivity contribution in [3.8, 4) is 11.1 Å². The monoisotopic (exact) mass is 508 g/mol. The molecule has 5 aliphatic rings. The number of rotatable bonds is 8. The highest BCUT2D eigenvalue weighted by molar-refractivity contribution is 5.97. The Hall–Kier alpha value is -3.35. The summed E-state index contributed by atoms with van der Waals surface area (Å²) < 4.78 is 2.07. The first kappa shape index (κ1) is 22.6. The second-order valence-electron chi connectivity index (χ2n) is 12.5. The molecule has 0 bridgehead atoms. The van der Waals surface area contributed by atoms with Gasteiger partial charge in [0.05, 0.1) is 17.1 Å². The number of nitrogens with zero attached hydrogens (tertiary/aromatic N) is 3. The van der Waals surface area contributed by atoms with Crippen LogP contribution in [0.25, 0.3) is 16.8 Å². The molecular formula is C31H36N6O. The molecule has 4 saturated carbocycles. The summed E-state index contributed by atoms with van der Waals surface area (Å²) >= 11 is 0. The Morgan fingerprint density at radius 2 is 1.79 bits per heavy atom. The van der Waals surface area contributed by atoms with Crippen LogP contribution in [0.1, 0.15) is 93.8 Å². The van der Waals surface area contributed by atoms with Crippen molar-refractivity contribution >= 4 is 17.3 Å². The Morgan fingerprint density at radius 3 is 2.47 bits per heavy atom. The number of H-pyrrole nitrogens is 1. The molecule has 7 nitrogen and oxygen atoms in total. The minimum atomic E-state index is -0.222. The van der Waals surface area contributed by atoms with Gasteiger partial charge in [0.2, 0.25) is 5.91 Å². The highest BCUT2D eigenvalue weighted by Gasteiger charge is 2.55. The van der Waals surface area contributed by atoms with Gasteiger partial charge in [-0.25, -0.2) is 0 Å². The zero-order valence-electron chi connectivity index (χ0n) is 22.2. The highest BCUT2D eigenvalue weighted by Crippen LogP contribution is 2.58. The van der Waals surface area contributed by atoms with Crippen molar-refractivity contribution in [2.45, 2.75) is 82.7 Å². The summed E-state index contributed by atoms with van der Waals surface area (Å²) in [5, 5.41) is 19.6. The number of aromatic amines is 1. The van der Waals surface area contributed by atoms with Crippen LogP contribution in [0.2, 0.25) is 0 Å². The Bertz CT molecular complexity index is 1400. The lowest BCUT2D eigenvalue weighted by Crippen LogP contribution is -2.48. The smallest absolute Gasteiger partial charge is 0.247 e. The molecule has 38 heavy (non-hydrogen) atoms. The van der Waals surface area contributed by atoms with Crippen molar-refractivity contribution in [1.82, 2.24) is 25.3 Å². The molecule has 0 saturated heterocycles. The number of carbonyl (C=O) groups excluding carboxylic acids is 1. The summed E-state index contributed by atoms with van der Waals surface area (Å²) in [6.45, 7) is 4.31. The Labute approximate surface area is 223 Å². The summed E-state index contributed by atoms with van der Waals surface area (Å²) in [7, 11) is 0. The summed E-state index contributed by atoms with van der Waals surface area (Å²) in [4.78, 5) is 13.8. The van der Waals surface area contributed by atoms with Gasteiger partial charge in [-0.15, -0.1) is 0 Å². The molecule has 4 aliphatic carbocycles. The first-order valence-electron chi connectivity index (χ1n) is 14.6. The van der Waals surface area contributed by atoms with E-state index in [1.165, 1.54) is 66.6 Å². The van der Waals surface area contributed by atoms with Crippen LogP contribution in [-0.2, 0) is 4.79 Å². The van der Waals surface area contributed by atoms with Crippen LogP contribution >= 0.6 is 0 Å². The van der Waals surface area contributed by atoms with E-state index in [1.54, 1.807) is 0 Å². The van der Waals surface area contributed by atoms with Gasteiger partial charge in [-0.05, 0) is 106 Å². The number of hydrogen-bond acceptors (Lipinski definition) is 4. The third-order valence-corrected chi connectivity index (χ3v) is 9.28. The van der Waals surface area contributed by atoms with Gasteiger partial charge in [-0.1, -0.05) is 12.1 Å². The lowest BCUT2D eigenvalue weighted by molar-refractivity contribution is -0.119. The molecular weight excluding hydrogens is 472 g/mol. The third kappa shape index (κ3) is 3.81. The van der Waals surface area contributed by atoms with E-state index in [4.69, 9.17) is 5.10 Å². The maximum Gasteiger partial charge on any atom is 0.247 e. The summed E-state index contributed by atoms with van der Waals surface area (Å²) in [6.07, 6.45) is 10.4. The van der Waals surface area contributed by atoms with Gasteiger partial charge in [-0.3, -0.25) is 14.6 Å². The molecule has 1 aliphatic heterocycles. The van der Waals surface area contributed by atoms with Crippen molar-refractivity contribution < 1.29 is 4.79 Å². The summed E-state index contributed by atoms with van der Waals surface area (Å²) in [6, 6.07) is 10.6. The van der Waals surface area contributed by atoms with E-state index >= 15 is 0 Å². The standard InChI is InChI=1S/C31H36N6O/c1-16(2)37-24(13-14-32-37)29-23-15-22(23)25(17-3-4-17)30(34-29)31(38)33-21-11-9-18(10-12-21)26-27(19-5-6-19)35-36-28(26)20-7-8-20/h9-14,16-17,19-20,22,25,30,34H,3-8,15H2,1-2H3,(H,33,38)(H,35,36). The maximum absolute atomic E-state index is 13.8. The fourth-order valence-electron chi connectivity index (χ4n) is 6.83. The zero-order valence-corrected chi connectivity index (χ0v) is 22.2. The molecule has 3 heterocycles. The van der Waals surface area contributed by atoms with E-state index in [1.807, 2.05) is 6.20 Å². The SMILES string of the molecule is CC(C)n1nccc1C1=C2CC2C(C2CC2)C(C(=O)Nc2ccc(-c3c(C4CC4)n[nH]c3C3CC3)cc2)N1. The van der Waals surface area contributed by atoms with Crippen LogP contribution in [0.15, 0.2) is 42.1 Å². The molecule has 2 aromatic heterocycles. The number of benzene rings is 1. The van der Waals surface area contributed by atoms with Gasteiger partial charge in [0.25, 0.3) is 0 Å². The van der Waals surface area contributed by atoms with Crippen molar-refractivity contribution in [1.29, 1.82) is 0 Å². The van der Waals surface area contributed by atoms with Gasteiger partial charge < -0.3 is 10.6 Å². The lowest BCUT2D eigenvalue weighted by atomic mass is 9.85. The predicted molar refractivity (Wildman–Crippen MR) is 147 cm³/mol. The normalized spacial score (nSPS) is 26.3. The first-order valence-corrected chi connectivity index (χ1v) is 14.6. The van der Waals surface area contributed by atoms with Gasteiger partial charge in [0.15, 0.2) is 0 Å². The molecule has 3 N–H and O–H groups in total. The molecule has 3 unspecified atom stereocenters. The van der Waals surface area contributed by atoms with Crippen LogP contribution in [-0.4, -0.2) is 31.9 Å². The number of hydrogen-bond donors (Lipinski definition) is 3. The minimum Gasteiger partial charge on any atom is -0.372 e. The summed E-state index contributed by atoms with van der Waals surface area (Å²) in [5.41, 5.74) is 9.65. The molecule has 1 aromatic carbocycles. The Balaban J connectivity index is 1.05. The summed E-state index contributed by atoms with van der Waals surface area (Å²) in [5.74, 6) is 2.87. The van der Waals surface area contributed by atoms with Crippen LogP contribution in [0, 0.1) is 17.8 Å². The molecule has 196 valence electrons.